The lowest BCUT2D eigenvalue weighted by Crippen LogP contribution is -2.38. The molecule has 4 saturated carbocycles. The first-order chi connectivity index (χ1) is 67.6. The second-order valence-electron chi connectivity index (χ2n) is 44.5. The van der Waals surface area contributed by atoms with E-state index in [4.69, 9.17) is 1.37 Å². The standard InChI is InChI=1S/C33H36N.C28H30N.C26H31FN.C25H30N.C21H26NSi/c1-21-17-29-27-13-9-10-14-30(27)33(3,4)31(29)20-28(21)32-26-16-15-24(23-11-7-6-8-12-23)19-25(26)18-22(2)34(32)5;1-19-15-22-11-7-8-12-23(22)18-27(19)28-26-14-13-24(21-9-5-4-6-10-21)17-25(26)16-20(2)29(28)3;1-16-13-24(18(3)19(4)25(16)27)26-23-12-11-21(20-9-7-6-8-10-20)15-22(23)14-17(2)28(26)5;1-17-14-18(2)19(3)24(15-17)25-23-11-10-21(20-8-6-5-7-9-20)16-22(23)12-13-26(25)4;1-15-9-7-8-10-19(15)21-20-12-11-18(23(4,5)6)14-17(20)13-16(2)22(21)3/h9-10,13-20,23H,6-8,11-12H2,1-5H3;7-8,11-18,21H,4-6,9-10H2,1-3H3;11-15,20H,6-10H2,1-5H3;10-16,20H,5-9H2,1-4H3;7-14H,1-6H3/q5*+1/i;;;13D;. The van der Waals surface area contributed by atoms with E-state index in [9.17, 15) is 4.39 Å². The average Bonchev–Trinajstić information content (AvgIpc) is 1.55. The highest BCUT2D eigenvalue weighted by Gasteiger charge is 2.38. The van der Waals surface area contributed by atoms with Gasteiger partial charge in [0.25, 0.3) is 0 Å². The molecule has 4 fully saturated rings. The second kappa shape index (κ2) is 41.0. The summed E-state index contributed by atoms with van der Waals surface area (Å²) in [7, 11) is 9.44. The molecule has 7 heteroatoms. The Morgan fingerprint density at radius 3 is 1.11 bits per heavy atom. The summed E-state index contributed by atoms with van der Waals surface area (Å²) in [5.41, 5.74) is 40.0. The molecule has 12 aromatic carbocycles. The van der Waals surface area contributed by atoms with Crippen molar-refractivity contribution in [2.45, 2.75) is 281 Å². The van der Waals surface area contributed by atoms with Crippen LogP contribution in [-0.2, 0) is 40.7 Å². The van der Waals surface area contributed by atoms with E-state index in [0.29, 0.717) is 23.6 Å². The van der Waals surface area contributed by atoms with Crippen molar-refractivity contribution in [2.24, 2.45) is 35.2 Å². The summed E-state index contributed by atoms with van der Waals surface area (Å²) >= 11 is 0. The first-order valence-corrected chi connectivity index (χ1v) is 56.4. The highest BCUT2D eigenvalue weighted by Crippen LogP contribution is 2.52. The molecule has 0 N–H and O–H groups in total. The van der Waals surface area contributed by atoms with Crippen molar-refractivity contribution in [3.05, 3.63) is 355 Å². The highest BCUT2D eigenvalue weighted by molar-refractivity contribution is 6.88. The maximum absolute atomic E-state index is 14.4. The summed E-state index contributed by atoms with van der Waals surface area (Å²) in [5, 5.41) is 17.3. The Morgan fingerprint density at radius 1 is 0.279 bits per heavy atom. The van der Waals surface area contributed by atoms with E-state index in [0.717, 1.165) is 34.2 Å². The van der Waals surface area contributed by atoms with Gasteiger partial charge in [-0.05, 0) is 325 Å². The number of fused-ring (bicyclic) bond motifs is 9. The van der Waals surface area contributed by atoms with Gasteiger partial charge in [-0.3, -0.25) is 0 Å². The first kappa shape index (κ1) is 96.9. The molecule has 0 bridgehead atoms. The maximum atomic E-state index is 14.4. The zero-order chi connectivity index (χ0) is 99.5. The van der Waals surface area contributed by atoms with Gasteiger partial charge in [0.05, 0.1) is 57.3 Å². The van der Waals surface area contributed by atoms with Crippen LogP contribution >= 0.6 is 0 Å². The van der Waals surface area contributed by atoms with Crippen LogP contribution in [0.5, 0.6) is 0 Å². The minimum atomic E-state index is -1.30. The average molecular weight is 1870 g/mol. The number of nitrogens with zero attached hydrogens (tertiary/aromatic N) is 5. The molecule has 0 amide bonds. The van der Waals surface area contributed by atoms with E-state index in [-0.39, 0.29) is 11.2 Å². The van der Waals surface area contributed by atoms with Crippen molar-refractivity contribution in [1.82, 2.24) is 0 Å². The fourth-order valence-corrected chi connectivity index (χ4v) is 25.9. The molecule has 140 heavy (non-hydrogen) atoms. The molecule has 716 valence electrons. The zero-order valence-electron chi connectivity index (χ0n) is 89.6. The quantitative estimate of drug-likeness (QED) is 0.0960. The van der Waals surface area contributed by atoms with Crippen molar-refractivity contribution in [3.8, 4) is 67.4 Å². The van der Waals surface area contributed by atoms with Crippen LogP contribution in [0.3, 0.4) is 0 Å². The molecule has 0 spiro atoms. The van der Waals surface area contributed by atoms with Gasteiger partial charge < -0.3 is 0 Å². The van der Waals surface area contributed by atoms with E-state index >= 15 is 0 Å². The molecule has 22 rings (SSSR count). The minimum Gasteiger partial charge on any atom is -0.206 e. The predicted octanol–water partition coefficient (Wildman–Crippen LogP) is 33.0. The Kier molecular flexibility index (Phi) is 28.4. The number of aryl methyl sites for hydroxylation is 10. The van der Waals surface area contributed by atoms with Gasteiger partial charge in [0.1, 0.15) is 42.4 Å². The summed E-state index contributed by atoms with van der Waals surface area (Å²) in [6, 6.07) is 89.5. The summed E-state index contributed by atoms with van der Waals surface area (Å²) < 4.78 is 34.3. The molecule has 0 aliphatic heterocycles. The number of rotatable bonds is 10. The summed E-state index contributed by atoms with van der Waals surface area (Å²) in [4.78, 5) is 0. The van der Waals surface area contributed by atoms with Crippen molar-refractivity contribution < 1.29 is 28.6 Å². The molecule has 0 unspecified atom stereocenters. The SMILES string of the molecule is Cc1cc(-c2c3ccc(C4CCCCC4)cc3cc(C)[n+]2C)c(C)c(C)c1F.Cc1cc2c(cc1-c1c3ccc(C4CCCCC4)cc3cc(C)[n+]1C)C(C)(C)c1ccccc1-2.Cc1cc2ccccc2cc1-c1c2ccc(C3CCCCC3)cc2cc(C)[n+]1C.Cc1ccccc1-c1c2ccc([Si](C)(C)C)cc2cc(C)[n+]1C.[2H]c1cc2cc(C3CCCCC3)ccc2c(-c2cc(C)cc(C)c2C)[n+]1C. The first-order valence-electron chi connectivity index (χ1n) is 53.4. The Bertz CT molecular complexity index is 7710. The normalized spacial score (nSPS) is 15.3. The number of pyridine rings is 5. The number of halogens is 1. The molecule has 0 radical (unpaired) electrons. The molecule has 5 heterocycles. The Morgan fingerprint density at radius 2 is 0.650 bits per heavy atom. The molecule has 5 aliphatic carbocycles. The highest BCUT2D eigenvalue weighted by atomic mass is 28.3. The fourth-order valence-electron chi connectivity index (χ4n) is 24.7. The predicted molar refractivity (Wildman–Crippen MR) is 596 cm³/mol. The number of aromatic nitrogens is 5. The topological polar surface area (TPSA) is 19.4 Å². The number of hydrogen-bond donors (Lipinski definition) is 0. The molecule has 0 atom stereocenters. The van der Waals surface area contributed by atoms with Gasteiger partial charge in [-0.1, -0.05) is 267 Å². The number of benzene rings is 12. The second-order valence-corrected chi connectivity index (χ2v) is 49.6. The maximum Gasteiger partial charge on any atom is 0.220 e. The van der Waals surface area contributed by atoms with Crippen LogP contribution in [-0.4, -0.2) is 8.07 Å². The third kappa shape index (κ3) is 19.6. The van der Waals surface area contributed by atoms with Crippen molar-refractivity contribution in [1.29, 1.82) is 0 Å². The van der Waals surface area contributed by atoms with Gasteiger partial charge in [0.2, 0.25) is 28.5 Å². The van der Waals surface area contributed by atoms with E-state index in [1.165, 1.54) is 344 Å². The van der Waals surface area contributed by atoms with Crippen LogP contribution < -0.4 is 28.0 Å². The minimum absolute atomic E-state index is 0.0146. The Balaban J connectivity index is 0.000000117. The monoisotopic (exact) mass is 1870 g/mol. The number of hydrogen-bond acceptors (Lipinski definition) is 0. The molecule has 0 saturated heterocycles. The van der Waals surface area contributed by atoms with Crippen LogP contribution in [0, 0.1) is 95.8 Å². The van der Waals surface area contributed by atoms with E-state index in [1.807, 2.05) is 44.5 Å². The zero-order valence-corrected chi connectivity index (χ0v) is 89.6. The van der Waals surface area contributed by atoms with E-state index in [2.05, 4.69) is 374 Å². The Labute approximate surface area is 839 Å². The lowest BCUT2D eigenvalue weighted by Gasteiger charge is -2.23. The van der Waals surface area contributed by atoms with Gasteiger partial charge in [-0.15, -0.1) is 0 Å². The lowest BCUT2D eigenvalue weighted by atomic mass is 9.81. The van der Waals surface area contributed by atoms with Crippen molar-refractivity contribution in [3.63, 3.8) is 0 Å². The van der Waals surface area contributed by atoms with Gasteiger partial charge in [-0.25, -0.2) is 8.96 Å². The summed E-state index contributed by atoms with van der Waals surface area (Å²) in [6.45, 7) is 39.9. The van der Waals surface area contributed by atoms with Gasteiger partial charge >= 0.3 is 0 Å². The summed E-state index contributed by atoms with van der Waals surface area (Å²) in [6.07, 6.45) is 27.7. The van der Waals surface area contributed by atoms with Crippen LogP contribution in [0.15, 0.2) is 243 Å². The fraction of sp³-hybridized carbons (Fsp3) is 0.361. The van der Waals surface area contributed by atoms with E-state index < -0.39 is 8.07 Å². The molecule has 5 aliphatic rings. The molecule has 5 aromatic heterocycles. The largest absolute Gasteiger partial charge is 0.220 e. The van der Waals surface area contributed by atoms with Gasteiger partial charge in [-0.2, -0.15) is 18.3 Å². The molecule has 5 nitrogen and oxygen atoms in total. The van der Waals surface area contributed by atoms with Crippen LogP contribution in [0.1, 0.15) is 274 Å². The third-order valence-electron chi connectivity index (χ3n) is 33.7. The lowest BCUT2D eigenvalue weighted by molar-refractivity contribution is -0.665. The van der Waals surface area contributed by atoms with E-state index in [1.54, 1.807) is 0 Å². The van der Waals surface area contributed by atoms with Crippen molar-refractivity contribution >= 4 is 77.9 Å². The smallest absolute Gasteiger partial charge is 0.206 e. The Hall–Kier alpha value is -11.9. The molecule has 17 aromatic rings. The van der Waals surface area contributed by atoms with Crippen LogP contribution in [0.25, 0.3) is 132 Å². The molecular weight excluding hydrogens is 1710 g/mol. The van der Waals surface area contributed by atoms with Gasteiger partial charge in [0, 0.05) is 69.0 Å². The molecular formula is C133H153FN5Si+5. The van der Waals surface area contributed by atoms with Crippen LogP contribution in [0.4, 0.5) is 4.39 Å². The van der Waals surface area contributed by atoms with Crippen molar-refractivity contribution in [2.75, 3.05) is 0 Å². The van der Waals surface area contributed by atoms with Crippen LogP contribution in [0.2, 0.25) is 19.6 Å². The third-order valence-corrected chi connectivity index (χ3v) is 35.8. The van der Waals surface area contributed by atoms with Gasteiger partial charge in [0.15, 0.2) is 28.9 Å². The summed E-state index contributed by atoms with van der Waals surface area (Å²) in [5.74, 6) is 2.79.